The fourth-order valence-corrected chi connectivity index (χ4v) is 3.18. The van der Waals surface area contributed by atoms with Crippen LogP contribution >= 0.6 is 24.0 Å². The van der Waals surface area contributed by atoms with Crippen LogP contribution in [-0.2, 0) is 14.2 Å². The highest BCUT2D eigenvalue weighted by Crippen LogP contribution is 2.14. The van der Waals surface area contributed by atoms with E-state index in [1.54, 1.807) is 7.05 Å². The molecule has 1 aliphatic rings. The van der Waals surface area contributed by atoms with E-state index in [1.165, 1.54) is 0 Å². The Bertz CT molecular complexity index is 676. The van der Waals surface area contributed by atoms with E-state index in [2.05, 4.69) is 20.9 Å². The molecule has 1 aliphatic heterocycles. The molecule has 1 amide bonds. The molecule has 3 N–H and O–H groups in total. The monoisotopic (exact) mass is 562 g/mol. The summed E-state index contributed by atoms with van der Waals surface area (Å²) in [5.41, 5.74) is 0.432. The predicted octanol–water partition coefficient (Wildman–Crippen LogP) is 3.62. The van der Waals surface area contributed by atoms with Gasteiger partial charge in [0.25, 0.3) is 0 Å². The number of amides is 1. The van der Waals surface area contributed by atoms with Gasteiger partial charge in [-0.15, -0.1) is 24.0 Å². The first kappa shape index (κ1) is 28.4. The van der Waals surface area contributed by atoms with Crippen molar-refractivity contribution in [2.75, 3.05) is 40.0 Å². The zero-order valence-electron chi connectivity index (χ0n) is 19.7. The number of guanidine groups is 1. The van der Waals surface area contributed by atoms with E-state index < -0.39 is 11.7 Å². The Hall–Kier alpha value is -1.59. The number of aliphatic imine (C=N–C) groups is 1. The quantitative estimate of drug-likeness (QED) is 0.175. The van der Waals surface area contributed by atoms with E-state index in [9.17, 15) is 4.79 Å². The maximum atomic E-state index is 12.3. The first-order valence-electron chi connectivity index (χ1n) is 11.1. The van der Waals surface area contributed by atoms with Crippen molar-refractivity contribution < 1.29 is 19.0 Å². The van der Waals surface area contributed by atoms with Gasteiger partial charge in [0.1, 0.15) is 5.60 Å². The van der Waals surface area contributed by atoms with Crippen molar-refractivity contribution in [2.24, 2.45) is 4.99 Å². The minimum absolute atomic E-state index is 0. The molecule has 0 saturated carbocycles. The lowest BCUT2D eigenvalue weighted by molar-refractivity contribution is 0.0168. The van der Waals surface area contributed by atoms with Crippen LogP contribution in [0, 0.1) is 0 Å². The number of halogens is 1. The molecular weight excluding hydrogens is 523 g/mol. The highest BCUT2D eigenvalue weighted by molar-refractivity contribution is 14.0. The summed E-state index contributed by atoms with van der Waals surface area (Å²) in [6.45, 7) is 8.94. The van der Waals surface area contributed by atoms with Gasteiger partial charge in [-0.2, -0.15) is 0 Å². The van der Waals surface area contributed by atoms with E-state index in [4.69, 9.17) is 14.2 Å². The summed E-state index contributed by atoms with van der Waals surface area (Å²) in [6, 6.07) is 9.54. The van der Waals surface area contributed by atoms with Crippen LogP contribution in [0.2, 0.25) is 0 Å². The van der Waals surface area contributed by atoms with Gasteiger partial charge in [-0.3, -0.25) is 4.99 Å². The topological polar surface area (TPSA) is 93.2 Å². The molecule has 8 nitrogen and oxygen atoms in total. The molecule has 9 heteroatoms. The Morgan fingerprint density at radius 3 is 2.62 bits per heavy atom. The van der Waals surface area contributed by atoms with E-state index in [0.29, 0.717) is 25.7 Å². The van der Waals surface area contributed by atoms with E-state index in [-0.39, 0.29) is 36.1 Å². The SMILES string of the molecule is CN=C(NCCCOCC1CCCO1)NCC(NC(=O)OC(C)(C)C)c1ccccc1.I. The largest absolute Gasteiger partial charge is 0.444 e. The molecule has 2 rings (SSSR count). The average molecular weight is 562 g/mol. The lowest BCUT2D eigenvalue weighted by Crippen LogP contribution is -2.44. The van der Waals surface area contributed by atoms with Crippen LogP contribution < -0.4 is 16.0 Å². The molecular formula is C23H39IN4O4. The Morgan fingerprint density at radius 1 is 1.25 bits per heavy atom. The number of nitrogens with one attached hydrogen (secondary N) is 3. The molecule has 0 spiro atoms. The molecule has 1 heterocycles. The standard InChI is InChI=1S/C23H38N4O4.HI/c1-23(2,3)31-22(28)27-20(18-10-6-5-7-11-18)16-26-21(24-4)25-13-9-14-29-17-19-12-8-15-30-19;/h5-7,10-11,19-20H,8-9,12-17H2,1-4H3,(H,27,28)(H2,24,25,26);1H. The third-order valence-electron chi connectivity index (χ3n) is 4.68. The molecule has 2 atom stereocenters. The third kappa shape index (κ3) is 11.9. The van der Waals surface area contributed by atoms with E-state index >= 15 is 0 Å². The number of hydrogen-bond acceptors (Lipinski definition) is 5. The van der Waals surface area contributed by atoms with Gasteiger partial charge in [-0.1, -0.05) is 30.3 Å². The maximum absolute atomic E-state index is 12.3. The Morgan fingerprint density at radius 2 is 2.00 bits per heavy atom. The van der Waals surface area contributed by atoms with Crippen molar-refractivity contribution in [3.63, 3.8) is 0 Å². The first-order chi connectivity index (χ1) is 14.9. The zero-order valence-corrected chi connectivity index (χ0v) is 22.0. The second-order valence-electron chi connectivity index (χ2n) is 8.55. The number of benzene rings is 1. The summed E-state index contributed by atoms with van der Waals surface area (Å²) in [5.74, 6) is 0.672. The summed E-state index contributed by atoms with van der Waals surface area (Å²) in [5, 5.41) is 9.50. The van der Waals surface area contributed by atoms with Crippen molar-refractivity contribution in [1.82, 2.24) is 16.0 Å². The van der Waals surface area contributed by atoms with Crippen molar-refractivity contribution in [3.05, 3.63) is 35.9 Å². The minimum atomic E-state index is -0.553. The van der Waals surface area contributed by atoms with Gasteiger partial charge in [0.15, 0.2) is 5.96 Å². The molecule has 1 aromatic carbocycles. The van der Waals surface area contributed by atoms with Crippen molar-refractivity contribution >= 4 is 36.0 Å². The average Bonchev–Trinajstić information content (AvgIpc) is 3.24. The van der Waals surface area contributed by atoms with Gasteiger partial charge in [0.2, 0.25) is 0 Å². The lowest BCUT2D eigenvalue weighted by Gasteiger charge is -2.24. The van der Waals surface area contributed by atoms with Crippen LogP contribution in [0.4, 0.5) is 4.79 Å². The first-order valence-corrected chi connectivity index (χ1v) is 11.1. The van der Waals surface area contributed by atoms with Gasteiger partial charge >= 0.3 is 6.09 Å². The maximum Gasteiger partial charge on any atom is 0.408 e. The van der Waals surface area contributed by atoms with Crippen molar-refractivity contribution in [1.29, 1.82) is 0 Å². The van der Waals surface area contributed by atoms with Crippen molar-refractivity contribution in [3.8, 4) is 0 Å². The fraction of sp³-hybridized carbons (Fsp3) is 0.652. The Balaban J connectivity index is 0.00000512. The van der Waals surface area contributed by atoms with Crippen LogP contribution in [0.25, 0.3) is 0 Å². The van der Waals surface area contributed by atoms with E-state index in [1.807, 2.05) is 51.1 Å². The Labute approximate surface area is 209 Å². The summed E-state index contributed by atoms with van der Waals surface area (Å²) in [6.07, 6.45) is 2.90. The molecule has 0 radical (unpaired) electrons. The smallest absolute Gasteiger partial charge is 0.408 e. The highest BCUT2D eigenvalue weighted by atomic mass is 127. The second kappa shape index (κ2) is 15.3. The van der Waals surface area contributed by atoms with Crippen LogP contribution in [0.3, 0.4) is 0 Å². The molecule has 0 bridgehead atoms. The van der Waals surface area contributed by atoms with Crippen molar-refractivity contribution in [2.45, 2.75) is 57.8 Å². The normalized spacial score (nSPS) is 17.2. The second-order valence-corrected chi connectivity index (χ2v) is 8.55. The fourth-order valence-electron chi connectivity index (χ4n) is 3.18. The predicted molar refractivity (Wildman–Crippen MR) is 138 cm³/mol. The molecule has 1 fully saturated rings. The van der Waals surface area contributed by atoms with E-state index in [0.717, 1.165) is 38.0 Å². The van der Waals surface area contributed by atoms with Crippen LogP contribution in [0.1, 0.15) is 51.6 Å². The van der Waals surface area contributed by atoms with Gasteiger partial charge in [0.05, 0.1) is 18.8 Å². The molecule has 2 unspecified atom stereocenters. The Kier molecular flexibility index (Phi) is 13.6. The van der Waals surface area contributed by atoms with Gasteiger partial charge < -0.3 is 30.2 Å². The number of hydrogen-bond donors (Lipinski definition) is 3. The van der Waals surface area contributed by atoms with Gasteiger partial charge in [-0.25, -0.2) is 4.79 Å². The molecule has 32 heavy (non-hydrogen) atoms. The minimum Gasteiger partial charge on any atom is -0.444 e. The lowest BCUT2D eigenvalue weighted by atomic mass is 10.1. The number of ether oxygens (including phenoxy) is 3. The van der Waals surface area contributed by atoms with Crippen LogP contribution in [0.5, 0.6) is 0 Å². The van der Waals surface area contributed by atoms with Gasteiger partial charge in [0, 0.05) is 33.4 Å². The number of rotatable bonds is 10. The molecule has 1 saturated heterocycles. The van der Waals surface area contributed by atoms with Crippen LogP contribution in [-0.4, -0.2) is 63.7 Å². The molecule has 1 aromatic rings. The summed E-state index contributed by atoms with van der Waals surface area (Å²) >= 11 is 0. The number of alkyl carbamates (subject to hydrolysis) is 1. The number of carbonyl (C=O) groups is 1. The zero-order chi connectivity index (χ0) is 22.5. The molecule has 182 valence electrons. The summed E-state index contributed by atoms with van der Waals surface area (Å²) in [7, 11) is 1.72. The highest BCUT2D eigenvalue weighted by Gasteiger charge is 2.21. The van der Waals surface area contributed by atoms with Gasteiger partial charge in [-0.05, 0) is 45.6 Å². The molecule has 0 aliphatic carbocycles. The third-order valence-corrected chi connectivity index (χ3v) is 4.68. The summed E-state index contributed by atoms with van der Waals surface area (Å²) < 4.78 is 16.7. The molecule has 0 aromatic heterocycles. The van der Waals surface area contributed by atoms with Crippen LogP contribution in [0.15, 0.2) is 35.3 Å². The number of nitrogens with zero attached hydrogens (tertiary/aromatic N) is 1. The summed E-state index contributed by atoms with van der Waals surface area (Å²) in [4.78, 5) is 16.6. The number of carbonyl (C=O) groups excluding carboxylic acids is 1.